The summed E-state index contributed by atoms with van der Waals surface area (Å²) in [7, 11) is -2.68. The van der Waals surface area contributed by atoms with Crippen LogP contribution >= 0.6 is 0 Å². The minimum absolute atomic E-state index is 0.000227. The molecule has 0 radical (unpaired) electrons. The van der Waals surface area contributed by atoms with Crippen molar-refractivity contribution in [2.24, 2.45) is 0 Å². The normalized spacial score (nSPS) is 19.2. The van der Waals surface area contributed by atoms with E-state index in [9.17, 15) is 13.2 Å². The van der Waals surface area contributed by atoms with Crippen molar-refractivity contribution < 1.29 is 17.9 Å². The zero-order chi connectivity index (χ0) is 25.7. The summed E-state index contributed by atoms with van der Waals surface area (Å²) in [6.45, 7) is 5.58. The minimum atomic E-state index is -4.21. The SMILES string of the molecule is COc1ccc(C)cc1[C@@]1(C(=O)NS(=O)(=O)c2cccc3nc(C)ccc23)C[C@H]1c1cncc(C)n1. The molecule has 1 saturated carbocycles. The van der Waals surface area contributed by atoms with Crippen LogP contribution in [0.3, 0.4) is 0 Å². The zero-order valence-electron chi connectivity index (χ0n) is 20.4. The van der Waals surface area contributed by atoms with E-state index in [2.05, 4.69) is 19.7 Å². The van der Waals surface area contributed by atoms with E-state index in [1.54, 1.807) is 42.7 Å². The molecule has 36 heavy (non-hydrogen) atoms. The van der Waals surface area contributed by atoms with E-state index >= 15 is 0 Å². The average Bonchev–Trinajstić information content (AvgIpc) is 3.60. The lowest BCUT2D eigenvalue weighted by atomic mass is 9.89. The molecule has 1 amide bonds. The molecule has 8 nitrogen and oxygen atoms in total. The number of carbonyl (C=O) groups excluding carboxylic acids is 1. The van der Waals surface area contributed by atoms with Gasteiger partial charge in [-0.1, -0.05) is 23.8 Å². The van der Waals surface area contributed by atoms with E-state index < -0.39 is 21.3 Å². The fraction of sp³-hybridized carbons (Fsp3) is 0.259. The second-order valence-corrected chi connectivity index (χ2v) is 10.9. The molecule has 184 valence electrons. The molecule has 0 aliphatic heterocycles. The maximum absolute atomic E-state index is 13.9. The number of fused-ring (bicyclic) bond motifs is 1. The zero-order valence-corrected chi connectivity index (χ0v) is 21.3. The van der Waals surface area contributed by atoms with E-state index in [0.29, 0.717) is 34.3 Å². The van der Waals surface area contributed by atoms with Gasteiger partial charge in [-0.25, -0.2) is 13.1 Å². The first-order valence-corrected chi connectivity index (χ1v) is 13.0. The van der Waals surface area contributed by atoms with E-state index in [1.165, 1.54) is 13.2 Å². The van der Waals surface area contributed by atoms with Crippen LogP contribution in [0.1, 0.15) is 40.5 Å². The number of aryl methyl sites for hydroxylation is 3. The maximum atomic E-state index is 13.9. The average molecular weight is 503 g/mol. The molecule has 2 heterocycles. The van der Waals surface area contributed by atoms with Gasteiger partial charge in [-0.05, 0) is 57.5 Å². The predicted molar refractivity (Wildman–Crippen MR) is 135 cm³/mol. The quantitative estimate of drug-likeness (QED) is 0.426. The number of carbonyl (C=O) groups is 1. The summed E-state index contributed by atoms with van der Waals surface area (Å²) in [4.78, 5) is 27.2. The Morgan fingerprint density at radius 1 is 1.03 bits per heavy atom. The van der Waals surface area contributed by atoms with Crippen LogP contribution in [0.5, 0.6) is 5.75 Å². The van der Waals surface area contributed by atoms with E-state index in [0.717, 1.165) is 17.0 Å². The summed E-state index contributed by atoms with van der Waals surface area (Å²) >= 11 is 0. The molecule has 2 aromatic heterocycles. The van der Waals surface area contributed by atoms with Gasteiger partial charge in [0.2, 0.25) is 5.91 Å². The van der Waals surface area contributed by atoms with Gasteiger partial charge in [0, 0.05) is 35.0 Å². The van der Waals surface area contributed by atoms with Gasteiger partial charge in [0.25, 0.3) is 10.0 Å². The van der Waals surface area contributed by atoms with Crippen molar-refractivity contribution in [3.63, 3.8) is 0 Å². The Labute approximate surface area is 209 Å². The molecule has 1 aliphatic carbocycles. The van der Waals surface area contributed by atoms with Crippen LogP contribution in [0, 0.1) is 20.8 Å². The summed E-state index contributed by atoms with van der Waals surface area (Å²) in [6.07, 6.45) is 3.65. The van der Waals surface area contributed by atoms with Gasteiger partial charge in [-0.15, -0.1) is 0 Å². The summed E-state index contributed by atoms with van der Waals surface area (Å²) in [5.41, 5.74) is 3.05. The van der Waals surface area contributed by atoms with Gasteiger partial charge in [-0.3, -0.25) is 19.7 Å². The fourth-order valence-electron chi connectivity index (χ4n) is 4.84. The van der Waals surface area contributed by atoms with Gasteiger partial charge < -0.3 is 4.74 Å². The standard InChI is InChI=1S/C27H26N4O4S/c1-16-8-11-24(35-4)20(12-16)27(13-21(27)23-15-28-14-18(3)30-23)26(32)31-36(33,34)25-7-5-6-22-19(25)10-9-17(2)29-22/h5-12,14-15,21H,13H2,1-4H3,(H,31,32)/t21-,27-/m0/s1. The summed E-state index contributed by atoms with van der Waals surface area (Å²) in [6, 6.07) is 13.9. The molecular weight excluding hydrogens is 476 g/mol. The van der Waals surface area contributed by atoms with Crippen molar-refractivity contribution in [2.75, 3.05) is 7.11 Å². The van der Waals surface area contributed by atoms with Gasteiger partial charge in [0.15, 0.2) is 0 Å². The molecule has 2 aromatic carbocycles. The largest absolute Gasteiger partial charge is 0.496 e. The Bertz CT molecular complexity index is 1620. The number of hydrogen-bond donors (Lipinski definition) is 1. The number of rotatable bonds is 6. The van der Waals surface area contributed by atoms with Crippen LogP contribution in [-0.2, 0) is 20.2 Å². The monoisotopic (exact) mass is 502 g/mol. The number of hydrogen-bond acceptors (Lipinski definition) is 7. The Hall–Kier alpha value is -3.85. The lowest BCUT2D eigenvalue weighted by Gasteiger charge is -2.21. The van der Waals surface area contributed by atoms with Gasteiger partial charge in [0.05, 0.1) is 34.3 Å². The van der Waals surface area contributed by atoms with Crippen LogP contribution < -0.4 is 9.46 Å². The highest BCUT2D eigenvalue weighted by Crippen LogP contribution is 2.62. The Morgan fingerprint density at radius 3 is 2.58 bits per heavy atom. The summed E-state index contributed by atoms with van der Waals surface area (Å²) < 4.78 is 35.1. The molecule has 1 N–H and O–H groups in total. The molecule has 0 saturated heterocycles. The number of methoxy groups -OCH3 is 1. The van der Waals surface area contributed by atoms with E-state index in [-0.39, 0.29) is 10.8 Å². The smallest absolute Gasteiger partial charge is 0.264 e. The lowest BCUT2D eigenvalue weighted by Crippen LogP contribution is -2.40. The number of amides is 1. The molecule has 5 rings (SSSR count). The minimum Gasteiger partial charge on any atom is -0.496 e. The Morgan fingerprint density at radius 2 is 1.83 bits per heavy atom. The van der Waals surface area contributed by atoms with Crippen LogP contribution in [0.2, 0.25) is 0 Å². The van der Waals surface area contributed by atoms with Gasteiger partial charge in [0.1, 0.15) is 5.75 Å². The Kier molecular flexibility index (Phi) is 5.75. The van der Waals surface area contributed by atoms with E-state index in [4.69, 9.17) is 4.74 Å². The third kappa shape index (κ3) is 3.99. The number of nitrogens with one attached hydrogen (secondary N) is 1. The summed E-state index contributed by atoms with van der Waals surface area (Å²) in [5, 5.41) is 0.447. The molecule has 0 spiro atoms. The molecule has 0 unspecified atom stereocenters. The van der Waals surface area contributed by atoms with Crippen molar-refractivity contribution >= 4 is 26.8 Å². The highest BCUT2D eigenvalue weighted by molar-refractivity contribution is 7.90. The lowest BCUT2D eigenvalue weighted by molar-refractivity contribution is -0.122. The Balaban J connectivity index is 1.60. The predicted octanol–water partition coefficient (Wildman–Crippen LogP) is 3.89. The second-order valence-electron chi connectivity index (χ2n) is 9.23. The molecule has 1 fully saturated rings. The first kappa shape index (κ1) is 23.9. The first-order chi connectivity index (χ1) is 17.2. The topological polar surface area (TPSA) is 111 Å². The van der Waals surface area contributed by atoms with Gasteiger partial charge in [-0.2, -0.15) is 0 Å². The number of aromatic nitrogens is 3. The maximum Gasteiger partial charge on any atom is 0.264 e. The van der Waals surface area contributed by atoms with E-state index in [1.807, 2.05) is 32.9 Å². The number of pyridine rings is 1. The number of nitrogens with zero attached hydrogens (tertiary/aromatic N) is 3. The molecule has 2 atom stereocenters. The van der Waals surface area contributed by atoms with Crippen molar-refractivity contribution in [3.8, 4) is 5.75 Å². The number of sulfonamides is 1. The van der Waals surface area contributed by atoms with Gasteiger partial charge >= 0.3 is 0 Å². The molecule has 4 aromatic rings. The van der Waals surface area contributed by atoms with Crippen LogP contribution in [0.15, 0.2) is 65.8 Å². The molecule has 9 heteroatoms. The highest BCUT2D eigenvalue weighted by Gasteiger charge is 2.64. The number of benzene rings is 2. The van der Waals surface area contributed by atoms with Crippen LogP contribution in [0.25, 0.3) is 10.9 Å². The molecular formula is C27H26N4O4S. The molecule has 0 bridgehead atoms. The van der Waals surface area contributed by atoms with Crippen molar-refractivity contribution in [1.82, 2.24) is 19.7 Å². The third-order valence-corrected chi connectivity index (χ3v) is 8.07. The van der Waals surface area contributed by atoms with Crippen LogP contribution in [0.4, 0.5) is 0 Å². The molecule has 1 aliphatic rings. The third-order valence-electron chi connectivity index (χ3n) is 6.68. The fourth-order valence-corrected chi connectivity index (χ4v) is 6.10. The number of ether oxygens (including phenoxy) is 1. The van der Waals surface area contributed by atoms with Crippen LogP contribution in [-0.4, -0.2) is 36.4 Å². The highest BCUT2D eigenvalue weighted by atomic mass is 32.2. The summed E-state index contributed by atoms with van der Waals surface area (Å²) in [5.74, 6) is -0.467. The van der Waals surface area contributed by atoms with Crippen molar-refractivity contribution in [2.45, 2.75) is 43.4 Å². The second kappa shape index (κ2) is 8.67. The van der Waals surface area contributed by atoms with Crippen molar-refractivity contribution in [1.29, 1.82) is 0 Å². The first-order valence-electron chi connectivity index (χ1n) is 11.5. The van der Waals surface area contributed by atoms with Crippen molar-refractivity contribution in [3.05, 3.63) is 89.1 Å².